The molecule has 0 saturated heterocycles. The number of nitrogens with two attached hydrogens (primary N) is 1. The molecule has 4 heteroatoms. The van der Waals surface area contributed by atoms with Gasteiger partial charge in [0.25, 0.3) is 0 Å². The second kappa shape index (κ2) is 8.98. The van der Waals surface area contributed by atoms with E-state index in [-0.39, 0.29) is 30.3 Å². The Kier molecular flexibility index (Phi) is 8.51. The van der Waals surface area contributed by atoms with Gasteiger partial charge in [0.05, 0.1) is 0 Å². The molecule has 0 aliphatic carbocycles. The van der Waals surface area contributed by atoms with Crippen molar-refractivity contribution in [2.45, 2.75) is 46.1 Å². The zero-order chi connectivity index (χ0) is 14.4. The number of benzene rings is 1. The first-order chi connectivity index (χ1) is 8.95. The Morgan fingerprint density at radius 3 is 2.10 bits per heavy atom. The van der Waals surface area contributed by atoms with Crippen molar-refractivity contribution in [2.24, 2.45) is 11.7 Å². The molecule has 0 aliphatic rings. The molecule has 0 heterocycles. The summed E-state index contributed by atoms with van der Waals surface area (Å²) in [5.41, 5.74) is 8.47. The van der Waals surface area contributed by atoms with Crippen molar-refractivity contribution in [1.29, 1.82) is 0 Å². The van der Waals surface area contributed by atoms with E-state index in [0.29, 0.717) is 12.5 Å². The summed E-state index contributed by atoms with van der Waals surface area (Å²) in [5.74, 6) is 0.655. The molecule has 20 heavy (non-hydrogen) atoms. The number of hydrogen-bond donors (Lipinski definition) is 2. The molecule has 0 radical (unpaired) electrons. The van der Waals surface area contributed by atoms with Gasteiger partial charge >= 0.3 is 0 Å². The number of carbonyl (C=O) groups excluding carboxylic acids is 1. The number of nitrogens with one attached hydrogen (secondary N) is 1. The van der Waals surface area contributed by atoms with Gasteiger partial charge in [-0.3, -0.25) is 4.79 Å². The third-order valence-electron chi connectivity index (χ3n) is 3.59. The maximum Gasteiger partial charge on any atom is 0.222 e. The number of carbonyl (C=O) groups is 1. The van der Waals surface area contributed by atoms with Crippen molar-refractivity contribution in [2.75, 3.05) is 6.54 Å². The van der Waals surface area contributed by atoms with Crippen molar-refractivity contribution < 1.29 is 4.79 Å². The smallest absolute Gasteiger partial charge is 0.222 e. The van der Waals surface area contributed by atoms with Crippen LogP contribution in [0.5, 0.6) is 0 Å². The van der Waals surface area contributed by atoms with Gasteiger partial charge in [0.15, 0.2) is 0 Å². The lowest BCUT2D eigenvalue weighted by molar-refractivity contribution is -0.124. The Morgan fingerprint density at radius 2 is 1.65 bits per heavy atom. The number of halogens is 1. The summed E-state index contributed by atoms with van der Waals surface area (Å²) in [4.78, 5) is 11.7. The Morgan fingerprint density at radius 1 is 1.15 bits per heavy atom. The topological polar surface area (TPSA) is 55.1 Å². The molecule has 2 atom stereocenters. The zero-order valence-electron chi connectivity index (χ0n) is 12.8. The molecule has 0 aromatic heterocycles. The van der Waals surface area contributed by atoms with Crippen LogP contribution in [0.15, 0.2) is 24.3 Å². The lowest BCUT2D eigenvalue weighted by Crippen LogP contribution is -2.35. The van der Waals surface area contributed by atoms with Crippen molar-refractivity contribution >= 4 is 18.3 Å². The maximum atomic E-state index is 11.7. The predicted octanol–water partition coefficient (Wildman–Crippen LogP) is 3.39. The van der Waals surface area contributed by atoms with E-state index in [1.807, 2.05) is 13.8 Å². The van der Waals surface area contributed by atoms with Gasteiger partial charge in [0.2, 0.25) is 5.91 Å². The first-order valence-corrected chi connectivity index (χ1v) is 7.08. The van der Waals surface area contributed by atoms with Crippen LogP contribution in [0.25, 0.3) is 0 Å². The van der Waals surface area contributed by atoms with Crippen LogP contribution in [0.3, 0.4) is 0 Å². The number of rotatable bonds is 6. The number of amides is 1. The standard InChI is InChI=1S/C16H26N2O.ClH/c1-5-12(4)16(19)18-10-15(17)14-8-6-13(7-9-14)11(2)3;/h6-9,11-12,15H,5,10,17H2,1-4H3,(H,18,19);1H. The van der Waals surface area contributed by atoms with Gasteiger partial charge in [-0.25, -0.2) is 0 Å². The third kappa shape index (κ3) is 5.51. The Balaban J connectivity index is 0.00000361. The summed E-state index contributed by atoms with van der Waals surface area (Å²) in [6.07, 6.45) is 0.851. The summed E-state index contributed by atoms with van der Waals surface area (Å²) < 4.78 is 0. The van der Waals surface area contributed by atoms with Crippen LogP contribution < -0.4 is 11.1 Å². The van der Waals surface area contributed by atoms with E-state index < -0.39 is 0 Å². The summed E-state index contributed by atoms with van der Waals surface area (Å²) in [7, 11) is 0. The minimum absolute atomic E-state index is 0. The maximum absolute atomic E-state index is 11.7. The SMILES string of the molecule is CCC(C)C(=O)NCC(N)c1ccc(C(C)C)cc1.Cl. The molecule has 1 rings (SSSR count). The van der Waals surface area contributed by atoms with Crippen LogP contribution in [0.1, 0.15) is 57.2 Å². The third-order valence-corrected chi connectivity index (χ3v) is 3.59. The van der Waals surface area contributed by atoms with Crippen molar-refractivity contribution in [1.82, 2.24) is 5.32 Å². The molecule has 0 aliphatic heterocycles. The second-order valence-corrected chi connectivity index (χ2v) is 5.48. The van der Waals surface area contributed by atoms with E-state index in [1.165, 1.54) is 5.56 Å². The van der Waals surface area contributed by atoms with Crippen LogP contribution in [-0.4, -0.2) is 12.5 Å². The normalized spacial score (nSPS) is 13.5. The van der Waals surface area contributed by atoms with Crippen molar-refractivity contribution in [3.05, 3.63) is 35.4 Å². The van der Waals surface area contributed by atoms with Crippen LogP contribution in [-0.2, 0) is 4.79 Å². The minimum atomic E-state index is -0.144. The fourth-order valence-electron chi connectivity index (χ4n) is 1.82. The van der Waals surface area contributed by atoms with Gasteiger partial charge in [-0.1, -0.05) is 52.0 Å². The molecule has 114 valence electrons. The molecule has 1 aromatic rings. The Hall–Kier alpha value is -1.06. The van der Waals surface area contributed by atoms with Gasteiger partial charge < -0.3 is 11.1 Å². The zero-order valence-corrected chi connectivity index (χ0v) is 13.7. The first-order valence-electron chi connectivity index (χ1n) is 7.08. The van der Waals surface area contributed by atoms with Gasteiger partial charge in [-0.2, -0.15) is 0 Å². The highest BCUT2D eigenvalue weighted by Gasteiger charge is 2.12. The second-order valence-electron chi connectivity index (χ2n) is 5.48. The summed E-state index contributed by atoms with van der Waals surface area (Å²) in [5, 5.41) is 2.91. The van der Waals surface area contributed by atoms with Gasteiger partial charge in [-0.05, 0) is 23.5 Å². The summed E-state index contributed by atoms with van der Waals surface area (Å²) in [6, 6.07) is 8.17. The Bertz CT molecular complexity index is 403. The van der Waals surface area contributed by atoms with Crippen molar-refractivity contribution in [3.63, 3.8) is 0 Å². The molecule has 0 saturated carbocycles. The highest BCUT2D eigenvalue weighted by molar-refractivity contribution is 5.85. The lowest BCUT2D eigenvalue weighted by atomic mass is 9.99. The highest BCUT2D eigenvalue weighted by Crippen LogP contribution is 2.17. The van der Waals surface area contributed by atoms with E-state index in [9.17, 15) is 4.79 Å². The largest absolute Gasteiger partial charge is 0.354 e. The minimum Gasteiger partial charge on any atom is -0.354 e. The van der Waals surface area contributed by atoms with E-state index in [1.54, 1.807) is 0 Å². The van der Waals surface area contributed by atoms with Crippen LogP contribution in [0.2, 0.25) is 0 Å². The molecule has 0 spiro atoms. The summed E-state index contributed by atoms with van der Waals surface area (Å²) >= 11 is 0. The van der Waals surface area contributed by atoms with Gasteiger partial charge in [0.1, 0.15) is 0 Å². The quantitative estimate of drug-likeness (QED) is 0.846. The predicted molar refractivity (Wildman–Crippen MR) is 87.2 cm³/mol. The monoisotopic (exact) mass is 298 g/mol. The average molecular weight is 299 g/mol. The molecule has 3 nitrogen and oxygen atoms in total. The van der Waals surface area contributed by atoms with Gasteiger partial charge in [0, 0.05) is 18.5 Å². The molecule has 1 amide bonds. The molecule has 0 fully saturated rings. The Labute approximate surface area is 128 Å². The molecular weight excluding hydrogens is 272 g/mol. The summed E-state index contributed by atoms with van der Waals surface area (Å²) in [6.45, 7) is 8.76. The average Bonchev–Trinajstić information content (AvgIpc) is 2.43. The molecule has 2 unspecified atom stereocenters. The highest BCUT2D eigenvalue weighted by atomic mass is 35.5. The molecule has 1 aromatic carbocycles. The van der Waals surface area contributed by atoms with E-state index in [0.717, 1.165) is 12.0 Å². The number of hydrogen-bond acceptors (Lipinski definition) is 2. The fourth-order valence-corrected chi connectivity index (χ4v) is 1.82. The first kappa shape index (κ1) is 18.9. The van der Waals surface area contributed by atoms with Crippen LogP contribution in [0, 0.1) is 5.92 Å². The van der Waals surface area contributed by atoms with Crippen LogP contribution in [0.4, 0.5) is 0 Å². The van der Waals surface area contributed by atoms with Gasteiger partial charge in [-0.15, -0.1) is 12.4 Å². The molecule has 0 bridgehead atoms. The molecule has 3 N–H and O–H groups in total. The van der Waals surface area contributed by atoms with E-state index in [4.69, 9.17) is 5.73 Å². The van der Waals surface area contributed by atoms with Crippen LogP contribution >= 0.6 is 12.4 Å². The van der Waals surface area contributed by atoms with E-state index >= 15 is 0 Å². The van der Waals surface area contributed by atoms with E-state index in [2.05, 4.69) is 43.4 Å². The van der Waals surface area contributed by atoms with Crippen molar-refractivity contribution in [3.8, 4) is 0 Å². The molecular formula is C16H27ClN2O. The fraction of sp³-hybridized carbons (Fsp3) is 0.562. The lowest BCUT2D eigenvalue weighted by Gasteiger charge is -2.16.